The van der Waals surface area contributed by atoms with Crippen LogP contribution in [0.1, 0.15) is 0 Å². The Morgan fingerprint density at radius 2 is 2.09 bits per heavy atom. The molecule has 0 bridgehead atoms. The molecule has 1 fully saturated rings. The molecule has 6 heteroatoms. The van der Waals surface area contributed by atoms with Gasteiger partial charge in [0.25, 0.3) is 0 Å². The molecule has 1 aliphatic rings. The summed E-state index contributed by atoms with van der Waals surface area (Å²) in [6.45, 7) is 0. The van der Waals surface area contributed by atoms with Crippen molar-refractivity contribution in [3.63, 3.8) is 0 Å². The highest BCUT2D eigenvalue weighted by Crippen LogP contribution is 2.16. The van der Waals surface area contributed by atoms with Crippen LogP contribution < -0.4 is 5.32 Å². The smallest absolute Gasteiger partial charge is 0.207 e. The Labute approximate surface area is 70.7 Å². The van der Waals surface area contributed by atoms with E-state index in [1.54, 1.807) is 0 Å². The number of thiol groups is 1. The van der Waals surface area contributed by atoms with E-state index in [4.69, 9.17) is 0 Å². The van der Waals surface area contributed by atoms with Crippen molar-refractivity contribution in [1.29, 1.82) is 0 Å². The summed E-state index contributed by atoms with van der Waals surface area (Å²) in [6.07, 6.45) is 0.509. The molecule has 0 saturated carbocycles. The molecule has 4 nitrogen and oxygen atoms in total. The molecule has 1 aliphatic heterocycles. The lowest BCUT2D eigenvalue weighted by Crippen LogP contribution is -2.35. The minimum absolute atomic E-state index is 0.0138. The van der Waals surface area contributed by atoms with Crippen LogP contribution in [-0.4, -0.2) is 37.6 Å². The molecule has 1 amide bonds. The van der Waals surface area contributed by atoms with E-state index in [-0.39, 0.29) is 22.8 Å². The topological polar surface area (TPSA) is 63.2 Å². The summed E-state index contributed by atoms with van der Waals surface area (Å²) in [7, 11) is -2.96. The highest BCUT2D eigenvalue weighted by Gasteiger charge is 2.34. The fourth-order valence-corrected chi connectivity index (χ4v) is 3.86. The Morgan fingerprint density at radius 3 is 2.45 bits per heavy atom. The van der Waals surface area contributed by atoms with Crippen LogP contribution >= 0.6 is 12.6 Å². The lowest BCUT2D eigenvalue weighted by molar-refractivity contribution is -0.110. The SMILES string of the molecule is O=CN[C@H]1CS(=O)(=O)C[C@@H]1S. The number of nitrogens with one attached hydrogen (secondary N) is 1. The Bertz CT molecular complexity index is 248. The Morgan fingerprint density at radius 1 is 1.45 bits per heavy atom. The molecule has 0 aromatic rings. The van der Waals surface area contributed by atoms with E-state index < -0.39 is 9.84 Å². The molecule has 11 heavy (non-hydrogen) atoms. The van der Waals surface area contributed by atoms with Gasteiger partial charge in [0.15, 0.2) is 9.84 Å². The predicted molar refractivity (Wildman–Crippen MR) is 44.4 cm³/mol. The third-order valence-corrected chi connectivity index (χ3v) is 4.13. The maximum absolute atomic E-state index is 10.9. The monoisotopic (exact) mass is 195 g/mol. The van der Waals surface area contributed by atoms with Crippen molar-refractivity contribution in [2.75, 3.05) is 11.5 Å². The van der Waals surface area contributed by atoms with Gasteiger partial charge in [-0.25, -0.2) is 8.42 Å². The molecule has 0 aromatic heterocycles. The molecule has 2 atom stereocenters. The second kappa shape index (κ2) is 3.02. The van der Waals surface area contributed by atoms with Gasteiger partial charge in [0.05, 0.1) is 17.5 Å². The summed E-state index contributed by atoms with van der Waals surface area (Å²) < 4.78 is 21.8. The maximum Gasteiger partial charge on any atom is 0.207 e. The number of amides is 1. The van der Waals surface area contributed by atoms with Gasteiger partial charge in [-0.15, -0.1) is 0 Å². The van der Waals surface area contributed by atoms with Crippen molar-refractivity contribution in [3.8, 4) is 0 Å². The van der Waals surface area contributed by atoms with Crippen LogP contribution in [0.15, 0.2) is 0 Å². The number of rotatable bonds is 2. The second-order valence-electron chi connectivity index (χ2n) is 2.54. The van der Waals surface area contributed by atoms with Crippen LogP contribution in [0.3, 0.4) is 0 Å². The zero-order chi connectivity index (χ0) is 8.48. The number of hydrogen-bond acceptors (Lipinski definition) is 4. The Hall–Kier alpha value is -0.230. The number of carbonyl (C=O) groups is 1. The van der Waals surface area contributed by atoms with Gasteiger partial charge < -0.3 is 5.32 Å². The Balaban J connectivity index is 2.66. The van der Waals surface area contributed by atoms with Gasteiger partial charge in [-0.05, 0) is 0 Å². The summed E-state index contributed by atoms with van der Waals surface area (Å²) in [5.41, 5.74) is 0. The molecule has 1 rings (SSSR count). The van der Waals surface area contributed by atoms with Crippen LogP contribution in [0, 0.1) is 0 Å². The van der Waals surface area contributed by atoms with E-state index >= 15 is 0 Å². The van der Waals surface area contributed by atoms with Gasteiger partial charge >= 0.3 is 0 Å². The van der Waals surface area contributed by atoms with E-state index in [0.29, 0.717) is 6.41 Å². The normalized spacial score (nSPS) is 35.0. The van der Waals surface area contributed by atoms with Crippen molar-refractivity contribution in [1.82, 2.24) is 5.32 Å². The van der Waals surface area contributed by atoms with Crippen molar-refractivity contribution < 1.29 is 13.2 Å². The lowest BCUT2D eigenvalue weighted by atomic mass is 10.3. The summed E-state index contributed by atoms with van der Waals surface area (Å²) in [5, 5.41) is 2.15. The summed E-state index contributed by atoms with van der Waals surface area (Å²) in [6, 6.07) is -0.319. The average molecular weight is 195 g/mol. The zero-order valence-electron chi connectivity index (χ0n) is 5.73. The van der Waals surface area contributed by atoms with Crippen molar-refractivity contribution in [2.45, 2.75) is 11.3 Å². The van der Waals surface area contributed by atoms with Crippen LogP contribution in [0.25, 0.3) is 0 Å². The first-order chi connectivity index (χ1) is 5.05. The third-order valence-electron chi connectivity index (χ3n) is 1.60. The predicted octanol–water partition coefficient (Wildman–Crippen LogP) is -1.17. The van der Waals surface area contributed by atoms with Gasteiger partial charge in [-0.1, -0.05) is 0 Å². The molecule has 0 radical (unpaired) electrons. The minimum Gasteiger partial charge on any atom is -0.354 e. The van der Waals surface area contributed by atoms with Gasteiger partial charge in [-0.2, -0.15) is 12.6 Å². The highest BCUT2D eigenvalue weighted by atomic mass is 32.2. The first kappa shape index (κ1) is 8.86. The van der Waals surface area contributed by atoms with Gasteiger partial charge in [0, 0.05) is 5.25 Å². The first-order valence-corrected chi connectivity index (χ1v) is 5.47. The summed E-state index contributed by atoms with van der Waals surface area (Å²) >= 11 is 4.03. The summed E-state index contributed by atoms with van der Waals surface area (Å²) in [5.74, 6) is 0.0710. The number of hydrogen-bond donors (Lipinski definition) is 2. The van der Waals surface area contributed by atoms with Gasteiger partial charge in [0.1, 0.15) is 0 Å². The molecule has 1 saturated heterocycles. The van der Waals surface area contributed by atoms with Crippen molar-refractivity contribution in [2.24, 2.45) is 0 Å². The van der Waals surface area contributed by atoms with E-state index in [9.17, 15) is 13.2 Å². The van der Waals surface area contributed by atoms with Gasteiger partial charge in [-0.3, -0.25) is 4.79 Å². The fourth-order valence-electron chi connectivity index (χ4n) is 1.08. The minimum atomic E-state index is -2.96. The molecule has 1 heterocycles. The molecule has 0 aliphatic carbocycles. The van der Waals surface area contributed by atoms with E-state index in [1.807, 2.05) is 0 Å². The zero-order valence-corrected chi connectivity index (χ0v) is 7.44. The number of carbonyl (C=O) groups excluding carboxylic acids is 1. The first-order valence-electron chi connectivity index (χ1n) is 3.13. The standard InChI is InChI=1S/C5H9NO3S2/c7-3-6-4-1-11(8,9)2-5(4)10/h3-5,10H,1-2H2,(H,6,7)/t4-,5-/m0/s1. The van der Waals surface area contributed by atoms with Crippen LogP contribution in [0.2, 0.25) is 0 Å². The second-order valence-corrected chi connectivity index (χ2v) is 5.35. The van der Waals surface area contributed by atoms with Crippen LogP contribution in [0.5, 0.6) is 0 Å². The van der Waals surface area contributed by atoms with E-state index in [2.05, 4.69) is 17.9 Å². The van der Waals surface area contributed by atoms with Crippen molar-refractivity contribution in [3.05, 3.63) is 0 Å². The van der Waals surface area contributed by atoms with E-state index in [1.165, 1.54) is 0 Å². The van der Waals surface area contributed by atoms with Crippen LogP contribution in [0.4, 0.5) is 0 Å². The van der Waals surface area contributed by atoms with Gasteiger partial charge in [0.2, 0.25) is 6.41 Å². The molecule has 64 valence electrons. The quantitative estimate of drug-likeness (QED) is 0.431. The Kier molecular flexibility index (Phi) is 2.43. The molecule has 0 spiro atoms. The summed E-state index contributed by atoms with van der Waals surface area (Å²) in [4.78, 5) is 9.98. The largest absolute Gasteiger partial charge is 0.354 e. The molecular formula is C5H9NO3S2. The van der Waals surface area contributed by atoms with Crippen molar-refractivity contribution >= 4 is 28.9 Å². The van der Waals surface area contributed by atoms with E-state index in [0.717, 1.165) is 0 Å². The number of sulfone groups is 1. The maximum atomic E-state index is 10.9. The molecule has 0 aromatic carbocycles. The van der Waals surface area contributed by atoms with Crippen LogP contribution in [-0.2, 0) is 14.6 Å². The average Bonchev–Trinajstić information content (AvgIpc) is 2.07. The molecular weight excluding hydrogens is 186 g/mol. The molecule has 0 unspecified atom stereocenters. The molecule has 1 N–H and O–H groups in total. The fraction of sp³-hybridized carbons (Fsp3) is 0.800. The lowest BCUT2D eigenvalue weighted by Gasteiger charge is -2.09. The third kappa shape index (κ3) is 2.10. The highest BCUT2D eigenvalue weighted by molar-refractivity contribution is 7.93.